The van der Waals surface area contributed by atoms with Gasteiger partial charge < -0.3 is 9.64 Å². The summed E-state index contributed by atoms with van der Waals surface area (Å²) < 4.78 is 8.83. The number of hydrogen-bond donors (Lipinski definition) is 0. The Hall–Kier alpha value is -1.16. The molecule has 3 aromatic rings. The van der Waals surface area contributed by atoms with Crippen LogP contribution in [0.3, 0.4) is 0 Å². The summed E-state index contributed by atoms with van der Waals surface area (Å²) in [5, 5.41) is 10.4. The number of benzene rings is 1. The number of anilines is 1. The van der Waals surface area contributed by atoms with E-state index in [1.807, 2.05) is 38.2 Å². The summed E-state index contributed by atoms with van der Waals surface area (Å²) in [6.45, 7) is 10.7. The van der Waals surface area contributed by atoms with Gasteiger partial charge in [0.25, 0.3) is 5.56 Å². The van der Waals surface area contributed by atoms with Gasteiger partial charge in [0.1, 0.15) is 17.1 Å². The van der Waals surface area contributed by atoms with Gasteiger partial charge in [-0.15, -0.1) is 11.8 Å². The minimum absolute atomic E-state index is 0.0926. The van der Waals surface area contributed by atoms with Gasteiger partial charge in [-0.1, -0.05) is 27.7 Å². The highest BCUT2D eigenvalue weighted by atomic mass is 127. The predicted molar refractivity (Wildman–Crippen MR) is 143 cm³/mol. The van der Waals surface area contributed by atoms with Gasteiger partial charge in [-0.05, 0) is 52.6 Å². The normalized spacial score (nSPS) is 13.7. The van der Waals surface area contributed by atoms with Crippen molar-refractivity contribution >= 4 is 56.8 Å². The number of ether oxygens (including phenoxy) is 1. The summed E-state index contributed by atoms with van der Waals surface area (Å²) in [5.74, 6) is 0. The Morgan fingerprint density at radius 3 is 2.39 bits per heavy atom. The zero-order valence-electron chi connectivity index (χ0n) is 19.0. The van der Waals surface area contributed by atoms with E-state index in [1.165, 1.54) is 9.58 Å². The molecule has 0 saturated carbocycles. The monoisotopic (exact) mass is 575 g/mol. The third kappa shape index (κ3) is 5.80. The first-order valence-electron chi connectivity index (χ1n) is 10.5. The molecular weight excluding hydrogens is 544 g/mol. The van der Waals surface area contributed by atoms with Crippen molar-refractivity contribution in [1.82, 2.24) is 19.3 Å². The summed E-state index contributed by atoms with van der Waals surface area (Å²) in [6.07, 6.45) is 2.55. The molecule has 7 nitrogen and oxygen atoms in total. The van der Waals surface area contributed by atoms with Gasteiger partial charge >= 0.3 is 0 Å². The van der Waals surface area contributed by atoms with Gasteiger partial charge in [-0.2, -0.15) is 10.2 Å². The Labute approximate surface area is 203 Å². The van der Waals surface area contributed by atoms with E-state index in [2.05, 4.69) is 56.5 Å². The van der Waals surface area contributed by atoms with Crippen molar-refractivity contribution in [3.63, 3.8) is 0 Å². The van der Waals surface area contributed by atoms with Crippen LogP contribution >= 0.6 is 40.2 Å². The van der Waals surface area contributed by atoms with Gasteiger partial charge in [-0.3, -0.25) is 4.79 Å². The Balaban J connectivity index is 0.000000807. The molecule has 0 spiro atoms. The molecule has 0 aliphatic carbocycles. The van der Waals surface area contributed by atoms with E-state index >= 15 is 0 Å². The molecule has 170 valence electrons. The van der Waals surface area contributed by atoms with E-state index in [0.717, 1.165) is 22.3 Å². The van der Waals surface area contributed by atoms with Crippen LogP contribution in [0.1, 0.15) is 27.7 Å². The number of morpholine rings is 1. The van der Waals surface area contributed by atoms with Crippen LogP contribution in [-0.4, -0.2) is 51.9 Å². The second-order valence-corrected chi connectivity index (χ2v) is 9.09. The highest BCUT2D eigenvalue weighted by Gasteiger charge is 2.20. The zero-order chi connectivity index (χ0) is 23.0. The number of hydrogen-bond acceptors (Lipinski definition) is 6. The van der Waals surface area contributed by atoms with Crippen LogP contribution in [-0.2, 0) is 11.8 Å². The topological polar surface area (TPSA) is 65.2 Å². The lowest BCUT2D eigenvalue weighted by Crippen LogP contribution is -2.40. The second-order valence-electron chi connectivity index (χ2n) is 6.17. The lowest BCUT2D eigenvalue weighted by atomic mass is 10.1. The van der Waals surface area contributed by atoms with Crippen LogP contribution in [0.2, 0.25) is 0 Å². The number of aryl methyl sites for hydroxylation is 1. The number of nitrogens with zero attached hydrogens (tertiary/aromatic N) is 5. The quantitative estimate of drug-likeness (QED) is 0.242. The molecule has 0 radical (unpaired) electrons. The molecule has 1 atom stereocenters. The maximum absolute atomic E-state index is 12.7. The minimum atomic E-state index is -0.0926. The van der Waals surface area contributed by atoms with E-state index in [1.54, 1.807) is 18.8 Å². The molecule has 1 aliphatic rings. The van der Waals surface area contributed by atoms with Crippen LogP contribution in [0.15, 0.2) is 34.0 Å². The summed E-state index contributed by atoms with van der Waals surface area (Å²) >= 11 is 4.03. The van der Waals surface area contributed by atoms with Crippen molar-refractivity contribution < 1.29 is 4.74 Å². The highest BCUT2D eigenvalue weighted by Crippen LogP contribution is 2.36. The van der Waals surface area contributed by atoms with Crippen molar-refractivity contribution in [2.24, 2.45) is 7.05 Å². The van der Waals surface area contributed by atoms with Crippen LogP contribution in [0.5, 0.6) is 0 Å². The molecule has 1 unspecified atom stereocenters. The molecule has 2 aromatic heterocycles. The van der Waals surface area contributed by atoms with Gasteiger partial charge in [-0.25, -0.2) is 9.13 Å². The summed E-state index contributed by atoms with van der Waals surface area (Å²) in [6, 6.07) is 8.24. The first-order valence-corrected chi connectivity index (χ1v) is 15.8. The van der Waals surface area contributed by atoms with Crippen molar-refractivity contribution in [2.45, 2.75) is 32.6 Å². The largest absolute Gasteiger partial charge is 0.378 e. The Morgan fingerprint density at radius 1 is 1.10 bits per heavy atom. The molecular formula is C21H31IN5O2PS. The smallest absolute Gasteiger partial charge is 0.290 e. The fraction of sp³-hybridized carbons (Fsp3) is 0.476. The average molecular weight is 575 g/mol. The Kier molecular flexibility index (Phi) is 10.7. The van der Waals surface area contributed by atoms with Gasteiger partial charge in [0.15, 0.2) is 0 Å². The fourth-order valence-corrected chi connectivity index (χ4v) is 5.18. The van der Waals surface area contributed by atoms with E-state index in [9.17, 15) is 4.79 Å². The number of aromatic nitrogens is 4. The van der Waals surface area contributed by atoms with Crippen molar-refractivity contribution in [3.8, 4) is 11.4 Å². The molecule has 0 bridgehead atoms. The van der Waals surface area contributed by atoms with Crippen LogP contribution < -0.4 is 10.5 Å². The molecule has 1 aromatic carbocycles. The molecule has 0 N–H and O–H groups in total. The minimum Gasteiger partial charge on any atom is -0.378 e. The van der Waals surface area contributed by atoms with Crippen LogP contribution in [0.4, 0.5) is 5.69 Å². The molecule has 31 heavy (non-hydrogen) atoms. The number of thioether (sulfide) groups is 1. The predicted octanol–water partition coefficient (Wildman–Crippen LogP) is 5.20. The Bertz CT molecular complexity index is 1050. The highest BCUT2D eigenvalue weighted by molar-refractivity contribution is 14.2. The third-order valence-corrected chi connectivity index (χ3v) is 7.20. The van der Waals surface area contributed by atoms with Gasteiger partial charge in [0.2, 0.25) is 0 Å². The summed E-state index contributed by atoms with van der Waals surface area (Å²) in [5.41, 5.74) is 3.18. The van der Waals surface area contributed by atoms with E-state index < -0.39 is 0 Å². The zero-order valence-corrected chi connectivity index (χ0v) is 23.0. The number of rotatable bonds is 4. The van der Waals surface area contributed by atoms with Crippen LogP contribution in [0, 0.1) is 0 Å². The number of halogens is 1. The van der Waals surface area contributed by atoms with Crippen molar-refractivity contribution in [2.75, 3.05) is 37.5 Å². The van der Waals surface area contributed by atoms with Crippen molar-refractivity contribution in [1.29, 1.82) is 0 Å². The molecule has 4 rings (SSSR count). The lowest BCUT2D eigenvalue weighted by molar-refractivity contribution is 0.122. The van der Waals surface area contributed by atoms with Crippen molar-refractivity contribution in [3.05, 3.63) is 34.6 Å². The first-order chi connectivity index (χ1) is 15.1. The first kappa shape index (κ1) is 26.1. The summed E-state index contributed by atoms with van der Waals surface area (Å²) in [4.78, 5) is 15.9. The average Bonchev–Trinajstić information content (AvgIpc) is 3.21. The second kappa shape index (κ2) is 12.8. The van der Waals surface area contributed by atoms with Gasteiger partial charge in [0, 0.05) is 30.4 Å². The Morgan fingerprint density at radius 2 is 1.77 bits per heavy atom. The molecule has 10 heteroatoms. The molecule has 1 saturated heterocycles. The molecule has 3 heterocycles. The van der Waals surface area contributed by atoms with Gasteiger partial charge in [0.05, 0.1) is 25.1 Å². The lowest BCUT2D eigenvalue weighted by Gasteiger charge is -2.28. The van der Waals surface area contributed by atoms with E-state index in [0.29, 0.717) is 38.4 Å². The van der Waals surface area contributed by atoms with E-state index in [4.69, 9.17) is 9.84 Å². The number of fused-ring (bicyclic) bond motifs is 1. The standard InChI is InChI=1S/C17H19IN5O2PS.2C2H6/c1-21-17(24)15(22-5-7-25-8-6-22)10-13(19-21)16-12-9-11(27-2)3-4-14(12)23(20-16)26-18;2*1-2/h3-4,9-10,26H,5-8H2,1-2H3;2*1-2H3. The fourth-order valence-electron chi connectivity index (χ4n) is 3.22. The SMILES string of the molecule is CC.CC.CSc1ccc2c(c1)c(-c1cc(N3CCOCC3)c(=O)n(C)n1)nn2PI. The third-order valence-electron chi connectivity index (χ3n) is 4.61. The molecule has 0 amide bonds. The van der Waals surface area contributed by atoms with E-state index in [-0.39, 0.29) is 5.56 Å². The molecule has 1 aliphatic heterocycles. The molecule has 1 fully saturated rings. The maximum atomic E-state index is 12.7. The maximum Gasteiger partial charge on any atom is 0.290 e. The summed E-state index contributed by atoms with van der Waals surface area (Å²) in [7, 11) is 1.70. The van der Waals surface area contributed by atoms with Crippen LogP contribution in [0.25, 0.3) is 22.3 Å².